The molecule has 0 radical (unpaired) electrons. The van der Waals surface area contributed by atoms with Crippen molar-refractivity contribution in [2.45, 2.75) is 24.7 Å². The van der Waals surface area contributed by atoms with Crippen LogP contribution in [0.1, 0.15) is 22.4 Å². The van der Waals surface area contributed by atoms with Gasteiger partial charge in [-0.3, -0.25) is 4.79 Å². The number of carbonyl (C=O) groups is 1. The van der Waals surface area contributed by atoms with Gasteiger partial charge in [-0.1, -0.05) is 53.4 Å². The fourth-order valence-electron chi connectivity index (χ4n) is 2.76. The first kappa shape index (κ1) is 19.9. The van der Waals surface area contributed by atoms with Crippen LogP contribution in [0.15, 0.2) is 34.7 Å². The molecule has 3 aromatic rings. The molecule has 0 bridgehead atoms. The minimum atomic E-state index is -0.186. The minimum absolute atomic E-state index is 0.186. The predicted octanol–water partition coefficient (Wildman–Crippen LogP) is 3.65. The first-order valence-corrected chi connectivity index (χ1v) is 10.4. The second kappa shape index (κ2) is 8.91. The molecule has 144 valence electrons. The van der Waals surface area contributed by atoms with Crippen LogP contribution in [0.3, 0.4) is 0 Å². The summed E-state index contributed by atoms with van der Waals surface area (Å²) in [5.74, 6) is 0.548. The fraction of sp³-hybridized carbons (Fsp3) is 0.263. The zero-order valence-electron chi connectivity index (χ0n) is 15.8. The third-order valence-corrected chi connectivity index (χ3v) is 6.40. The van der Waals surface area contributed by atoms with Crippen molar-refractivity contribution in [2.75, 3.05) is 23.4 Å². The van der Waals surface area contributed by atoms with Gasteiger partial charge >= 0.3 is 0 Å². The number of nitriles is 1. The van der Waals surface area contributed by atoms with E-state index in [2.05, 4.69) is 26.9 Å². The van der Waals surface area contributed by atoms with E-state index < -0.39 is 0 Å². The molecule has 2 heterocycles. The Bertz CT molecular complexity index is 1020. The molecule has 0 spiro atoms. The Hall–Kier alpha value is -2.83. The molecule has 3 rings (SSSR count). The molecule has 2 N–H and O–H groups in total. The maximum absolute atomic E-state index is 12.5. The van der Waals surface area contributed by atoms with Gasteiger partial charge < -0.3 is 15.2 Å². The van der Waals surface area contributed by atoms with Gasteiger partial charge in [0.05, 0.1) is 11.3 Å². The Morgan fingerprint density at radius 2 is 2.04 bits per heavy atom. The standard InChI is InChI=1S/C19H20N6OS2/c1-12-13(2)25(10-14-7-5-4-6-8-14)17(15(12)9-20)22-16(26)11-27-19-24-23-18(21-3)28-19/h4-8H,10-11H2,1-3H3,(H,21,23)(H,22,26). The molecular weight excluding hydrogens is 392 g/mol. The first-order chi connectivity index (χ1) is 13.5. The van der Waals surface area contributed by atoms with Gasteiger partial charge in [-0.2, -0.15) is 5.26 Å². The monoisotopic (exact) mass is 412 g/mol. The van der Waals surface area contributed by atoms with Crippen molar-refractivity contribution < 1.29 is 4.79 Å². The van der Waals surface area contributed by atoms with E-state index in [0.29, 0.717) is 27.4 Å². The summed E-state index contributed by atoms with van der Waals surface area (Å²) < 4.78 is 2.70. The van der Waals surface area contributed by atoms with Crippen molar-refractivity contribution in [3.05, 3.63) is 52.7 Å². The molecule has 0 aliphatic heterocycles. The van der Waals surface area contributed by atoms with Gasteiger partial charge in [0.25, 0.3) is 0 Å². The van der Waals surface area contributed by atoms with Crippen LogP contribution >= 0.6 is 23.1 Å². The van der Waals surface area contributed by atoms with Gasteiger partial charge in [-0.25, -0.2) is 0 Å². The Morgan fingerprint density at radius 1 is 1.29 bits per heavy atom. The third kappa shape index (κ3) is 4.35. The Kier molecular flexibility index (Phi) is 6.34. The number of rotatable bonds is 7. The molecule has 0 aliphatic carbocycles. The largest absolute Gasteiger partial charge is 0.363 e. The van der Waals surface area contributed by atoms with Crippen LogP contribution in [-0.4, -0.2) is 33.5 Å². The number of nitrogens with zero attached hydrogens (tertiary/aromatic N) is 4. The number of hydrogen-bond donors (Lipinski definition) is 2. The average Bonchev–Trinajstić information content (AvgIpc) is 3.26. The lowest BCUT2D eigenvalue weighted by molar-refractivity contribution is -0.113. The molecule has 0 saturated carbocycles. The van der Waals surface area contributed by atoms with Gasteiger partial charge in [-0.15, -0.1) is 10.2 Å². The van der Waals surface area contributed by atoms with E-state index in [9.17, 15) is 10.1 Å². The lowest BCUT2D eigenvalue weighted by Crippen LogP contribution is -2.18. The smallest absolute Gasteiger partial charge is 0.235 e. The second-order valence-electron chi connectivity index (χ2n) is 6.08. The Labute approximate surface area is 171 Å². The summed E-state index contributed by atoms with van der Waals surface area (Å²) >= 11 is 2.71. The van der Waals surface area contributed by atoms with Crippen LogP contribution in [-0.2, 0) is 11.3 Å². The maximum atomic E-state index is 12.5. The molecule has 0 saturated heterocycles. The van der Waals surface area contributed by atoms with Gasteiger partial charge in [0.15, 0.2) is 4.34 Å². The summed E-state index contributed by atoms with van der Waals surface area (Å²) in [7, 11) is 1.77. The number of carbonyl (C=O) groups excluding carboxylic acids is 1. The number of hydrogen-bond acceptors (Lipinski definition) is 7. The number of aromatic nitrogens is 3. The van der Waals surface area contributed by atoms with E-state index in [1.807, 2.05) is 48.7 Å². The molecular formula is C19H20N6OS2. The van der Waals surface area contributed by atoms with Crippen LogP contribution < -0.4 is 10.6 Å². The average molecular weight is 413 g/mol. The highest BCUT2D eigenvalue weighted by Crippen LogP contribution is 2.29. The van der Waals surface area contributed by atoms with Crippen LogP contribution in [0.2, 0.25) is 0 Å². The SMILES string of the molecule is CNc1nnc(SCC(=O)Nc2c(C#N)c(C)c(C)n2Cc2ccccc2)s1. The Balaban J connectivity index is 1.78. The molecule has 0 unspecified atom stereocenters. The lowest BCUT2D eigenvalue weighted by Gasteiger charge is -2.13. The van der Waals surface area contributed by atoms with Crippen molar-refractivity contribution in [3.8, 4) is 6.07 Å². The van der Waals surface area contributed by atoms with Gasteiger partial charge in [0.2, 0.25) is 11.0 Å². The highest BCUT2D eigenvalue weighted by Gasteiger charge is 2.20. The summed E-state index contributed by atoms with van der Waals surface area (Å²) in [5.41, 5.74) is 3.44. The molecule has 1 amide bonds. The summed E-state index contributed by atoms with van der Waals surface area (Å²) in [6.07, 6.45) is 0. The summed E-state index contributed by atoms with van der Waals surface area (Å²) in [5, 5.41) is 24.1. The first-order valence-electron chi connectivity index (χ1n) is 8.61. The normalized spacial score (nSPS) is 10.5. The van der Waals surface area contributed by atoms with E-state index in [-0.39, 0.29) is 11.7 Å². The van der Waals surface area contributed by atoms with Crippen LogP contribution in [0.5, 0.6) is 0 Å². The summed E-state index contributed by atoms with van der Waals surface area (Å²) in [4.78, 5) is 12.5. The highest BCUT2D eigenvalue weighted by molar-refractivity contribution is 8.01. The molecule has 0 aliphatic rings. The van der Waals surface area contributed by atoms with Crippen molar-refractivity contribution in [1.82, 2.24) is 14.8 Å². The molecule has 28 heavy (non-hydrogen) atoms. The van der Waals surface area contributed by atoms with Gasteiger partial charge in [-0.05, 0) is 25.0 Å². The van der Waals surface area contributed by atoms with Crippen molar-refractivity contribution >= 4 is 40.0 Å². The predicted molar refractivity (Wildman–Crippen MR) is 113 cm³/mol. The van der Waals surface area contributed by atoms with Gasteiger partial charge in [0.1, 0.15) is 11.9 Å². The number of benzene rings is 1. The molecule has 7 nitrogen and oxygen atoms in total. The topological polar surface area (TPSA) is 95.6 Å². The maximum Gasteiger partial charge on any atom is 0.235 e. The zero-order valence-corrected chi connectivity index (χ0v) is 17.4. The molecule has 9 heteroatoms. The second-order valence-corrected chi connectivity index (χ2v) is 8.28. The van der Waals surface area contributed by atoms with E-state index in [0.717, 1.165) is 16.8 Å². The number of anilines is 2. The van der Waals surface area contributed by atoms with E-state index in [4.69, 9.17) is 0 Å². The van der Waals surface area contributed by atoms with Crippen LogP contribution in [0.25, 0.3) is 0 Å². The molecule has 2 aromatic heterocycles. The quantitative estimate of drug-likeness (QED) is 0.575. The van der Waals surface area contributed by atoms with E-state index >= 15 is 0 Å². The minimum Gasteiger partial charge on any atom is -0.363 e. The van der Waals surface area contributed by atoms with Crippen molar-refractivity contribution in [2.24, 2.45) is 0 Å². The van der Waals surface area contributed by atoms with E-state index in [1.165, 1.54) is 23.1 Å². The number of thioether (sulfide) groups is 1. The molecule has 0 fully saturated rings. The van der Waals surface area contributed by atoms with E-state index in [1.54, 1.807) is 7.05 Å². The zero-order chi connectivity index (χ0) is 20.1. The summed E-state index contributed by atoms with van der Waals surface area (Å²) in [6.45, 7) is 4.45. The lowest BCUT2D eigenvalue weighted by atomic mass is 10.2. The van der Waals surface area contributed by atoms with Crippen molar-refractivity contribution in [1.29, 1.82) is 5.26 Å². The highest BCUT2D eigenvalue weighted by atomic mass is 32.2. The fourth-order valence-corrected chi connectivity index (χ4v) is 4.26. The molecule has 1 aromatic carbocycles. The van der Waals surface area contributed by atoms with Crippen LogP contribution in [0, 0.1) is 25.2 Å². The van der Waals surface area contributed by atoms with Crippen LogP contribution in [0.4, 0.5) is 10.9 Å². The number of nitrogens with one attached hydrogen (secondary N) is 2. The Morgan fingerprint density at radius 3 is 2.68 bits per heavy atom. The van der Waals surface area contributed by atoms with Crippen molar-refractivity contribution in [3.63, 3.8) is 0 Å². The number of amides is 1. The third-order valence-electron chi connectivity index (χ3n) is 4.33. The summed E-state index contributed by atoms with van der Waals surface area (Å²) in [6, 6.07) is 12.2. The van der Waals surface area contributed by atoms with Gasteiger partial charge in [0, 0.05) is 19.3 Å². The molecule has 0 atom stereocenters.